The lowest BCUT2D eigenvalue weighted by Gasteiger charge is -2.33. The second-order valence-electron chi connectivity index (χ2n) is 8.13. The number of carbonyl (C=O) groups excluding carboxylic acids is 4. The Hall–Kier alpha value is -3.95. The van der Waals surface area contributed by atoms with E-state index >= 15 is 0 Å². The molecule has 0 radical (unpaired) electrons. The van der Waals surface area contributed by atoms with Crippen molar-refractivity contribution in [3.05, 3.63) is 65.5 Å². The molecule has 2 aliphatic heterocycles. The van der Waals surface area contributed by atoms with Crippen molar-refractivity contribution < 1.29 is 28.3 Å². The lowest BCUT2D eigenvalue weighted by Crippen LogP contribution is -2.49. The van der Waals surface area contributed by atoms with Gasteiger partial charge in [0.1, 0.15) is 18.1 Å². The summed E-state index contributed by atoms with van der Waals surface area (Å²) in [5.74, 6) is -1.31. The summed E-state index contributed by atoms with van der Waals surface area (Å²) in [5, 5.41) is 5.43. The summed E-state index contributed by atoms with van der Waals surface area (Å²) < 4.78 is 18.6. The van der Waals surface area contributed by atoms with E-state index in [0.717, 1.165) is 4.90 Å². The highest BCUT2D eigenvalue weighted by Crippen LogP contribution is 2.40. The van der Waals surface area contributed by atoms with Crippen molar-refractivity contribution in [1.29, 1.82) is 0 Å². The van der Waals surface area contributed by atoms with Gasteiger partial charge in [-0.3, -0.25) is 19.3 Å². The standard InChI is InChI=1S/C24H25FN4O5/c1-2-28(14-20(30)26-13-16-7-9-17(25)10-8-16)21(31)15-29-22(32)24(27-23(29)33)11-12-34-19-6-4-3-5-18(19)24/h3-10H,2,11-15H2,1H3,(H,26,30)(H,27,33)/t24-/m0/s1. The second kappa shape index (κ2) is 9.50. The van der Waals surface area contributed by atoms with Crippen molar-refractivity contribution in [1.82, 2.24) is 20.4 Å². The van der Waals surface area contributed by atoms with Gasteiger partial charge in [0.25, 0.3) is 5.91 Å². The summed E-state index contributed by atoms with van der Waals surface area (Å²) in [5.41, 5.74) is 0.00282. The van der Waals surface area contributed by atoms with E-state index < -0.39 is 35.8 Å². The van der Waals surface area contributed by atoms with E-state index in [0.29, 0.717) is 16.9 Å². The summed E-state index contributed by atoms with van der Waals surface area (Å²) >= 11 is 0. The van der Waals surface area contributed by atoms with E-state index in [1.807, 2.05) is 0 Å². The Kier molecular flexibility index (Phi) is 6.49. The normalized spacial score (nSPS) is 18.8. The van der Waals surface area contributed by atoms with E-state index in [1.54, 1.807) is 43.3 Å². The summed E-state index contributed by atoms with van der Waals surface area (Å²) in [7, 11) is 0. The van der Waals surface area contributed by atoms with Gasteiger partial charge in [-0.1, -0.05) is 30.3 Å². The van der Waals surface area contributed by atoms with Gasteiger partial charge in [-0.25, -0.2) is 9.18 Å². The molecule has 34 heavy (non-hydrogen) atoms. The van der Waals surface area contributed by atoms with Crippen LogP contribution in [0.25, 0.3) is 0 Å². The maximum Gasteiger partial charge on any atom is 0.325 e. The molecule has 9 nitrogen and oxygen atoms in total. The van der Waals surface area contributed by atoms with Gasteiger partial charge in [0.05, 0.1) is 13.2 Å². The summed E-state index contributed by atoms with van der Waals surface area (Å²) in [6, 6.07) is 12.0. The highest BCUT2D eigenvalue weighted by Gasteiger charge is 2.55. The maximum absolute atomic E-state index is 13.3. The third-order valence-corrected chi connectivity index (χ3v) is 6.02. The summed E-state index contributed by atoms with van der Waals surface area (Å²) in [4.78, 5) is 53.4. The molecule has 4 rings (SSSR count). The zero-order chi connectivity index (χ0) is 24.3. The fourth-order valence-electron chi connectivity index (χ4n) is 4.16. The summed E-state index contributed by atoms with van der Waals surface area (Å²) in [6.45, 7) is 1.64. The van der Waals surface area contributed by atoms with Crippen LogP contribution in [0.2, 0.25) is 0 Å². The Morgan fingerprint density at radius 3 is 2.65 bits per heavy atom. The van der Waals surface area contributed by atoms with Crippen LogP contribution in [-0.4, -0.2) is 59.8 Å². The second-order valence-corrected chi connectivity index (χ2v) is 8.13. The first-order valence-electron chi connectivity index (χ1n) is 11.0. The van der Waals surface area contributed by atoms with E-state index in [1.165, 1.54) is 17.0 Å². The molecule has 1 saturated heterocycles. The van der Waals surface area contributed by atoms with Crippen LogP contribution in [0, 0.1) is 5.82 Å². The molecular weight excluding hydrogens is 443 g/mol. The smallest absolute Gasteiger partial charge is 0.325 e. The first-order valence-corrected chi connectivity index (χ1v) is 11.0. The van der Waals surface area contributed by atoms with Gasteiger partial charge >= 0.3 is 6.03 Å². The van der Waals surface area contributed by atoms with Gasteiger partial charge < -0.3 is 20.3 Å². The number of fused-ring (bicyclic) bond motifs is 2. The fraction of sp³-hybridized carbons (Fsp3) is 0.333. The molecule has 5 amide bonds. The van der Waals surface area contributed by atoms with E-state index in [2.05, 4.69) is 10.6 Å². The number of benzene rings is 2. The molecule has 2 aromatic carbocycles. The van der Waals surface area contributed by atoms with E-state index in [9.17, 15) is 23.6 Å². The van der Waals surface area contributed by atoms with Crippen molar-refractivity contribution >= 4 is 23.8 Å². The number of hydrogen-bond donors (Lipinski definition) is 2. The molecular formula is C24H25FN4O5. The number of amides is 5. The molecule has 2 aliphatic rings. The van der Waals surface area contributed by atoms with Gasteiger partial charge in [-0.15, -0.1) is 0 Å². The maximum atomic E-state index is 13.3. The first kappa shape index (κ1) is 23.2. The lowest BCUT2D eigenvalue weighted by molar-refractivity contribution is -0.141. The van der Waals surface area contributed by atoms with Crippen molar-refractivity contribution in [2.45, 2.75) is 25.4 Å². The number of nitrogens with zero attached hydrogens (tertiary/aromatic N) is 2. The molecule has 2 heterocycles. The molecule has 1 atom stereocenters. The number of carbonyl (C=O) groups is 4. The average Bonchev–Trinajstić information content (AvgIpc) is 3.07. The van der Waals surface area contributed by atoms with Crippen LogP contribution in [0.15, 0.2) is 48.5 Å². The van der Waals surface area contributed by atoms with Crippen LogP contribution in [0.4, 0.5) is 9.18 Å². The van der Waals surface area contributed by atoms with Crippen molar-refractivity contribution in [3.8, 4) is 5.75 Å². The van der Waals surface area contributed by atoms with Crippen LogP contribution in [0.5, 0.6) is 5.75 Å². The molecule has 10 heteroatoms. The number of halogens is 1. The fourth-order valence-corrected chi connectivity index (χ4v) is 4.16. The minimum absolute atomic E-state index is 0.182. The number of rotatable bonds is 7. The quantitative estimate of drug-likeness (QED) is 0.599. The monoisotopic (exact) mass is 468 g/mol. The Morgan fingerprint density at radius 1 is 1.18 bits per heavy atom. The van der Waals surface area contributed by atoms with E-state index in [-0.39, 0.29) is 38.5 Å². The van der Waals surface area contributed by atoms with Gasteiger partial charge in [0, 0.05) is 25.1 Å². The Balaban J connectivity index is 1.39. The van der Waals surface area contributed by atoms with Gasteiger partial charge in [0.2, 0.25) is 11.8 Å². The highest BCUT2D eigenvalue weighted by molar-refractivity contribution is 6.09. The molecule has 2 aromatic rings. The lowest BCUT2D eigenvalue weighted by atomic mass is 9.84. The van der Waals surface area contributed by atoms with E-state index in [4.69, 9.17) is 4.74 Å². The Bertz CT molecular complexity index is 1120. The molecule has 0 aromatic heterocycles. The summed E-state index contributed by atoms with van der Waals surface area (Å²) in [6.07, 6.45) is 0.253. The number of para-hydroxylation sites is 1. The van der Waals surface area contributed by atoms with Crippen molar-refractivity contribution in [2.75, 3.05) is 26.2 Å². The Morgan fingerprint density at radius 2 is 1.91 bits per heavy atom. The molecule has 0 unspecified atom stereocenters. The zero-order valence-corrected chi connectivity index (χ0v) is 18.7. The van der Waals surface area contributed by atoms with Crippen LogP contribution < -0.4 is 15.4 Å². The number of urea groups is 1. The van der Waals surface area contributed by atoms with Crippen molar-refractivity contribution in [3.63, 3.8) is 0 Å². The minimum Gasteiger partial charge on any atom is -0.493 e. The SMILES string of the molecule is CCN(CC(=O)NCc1ccc(F)cc1)C(=O)CN1C(=O)N[C@]2(CCOc3ccccc32)C1=O. The van der Waals surface area contributed by atoms with Crippen LogP contribution >= 0.6 is 0 Å². The van der Waals surface area contributed by atoms with Gasteiger partial charge in [-0.2, -0.15) is 0 Å². The third-order valence-electron chi connectivity index (χ3n) is 6.02. The minimum atomic E-state index is -1.27. The van der Waals surface area contributed by atoms with Crippen molar-refractivity contribution in [2.24, 2.45) is 0 Å². The number of nitrogens with one attached hydrogen (secondary N) is 2. The third kappa shape index (κ3) is 4.43. The van der Waals surface area contributed by atoms with Gasteiger partial charge in [-0.05, 0) is 30.7 Å². The highest BCUT2D eigenvalue weighted by atomic mass is 19.1. The van der Waals surface area contributed by atoms with Crippen LogP contribution in [0.1, 0.15) is 24.5 Å². The molecule has 2 N–H and O–H groups in total. The van der Waals surface area contributed by atoms with Crippen LogP contribution in [-0.2, 0) is 26.5 Å². The van der Waals surface area contributed by atoms with Gasteiger partial charge in [0.15, 0.2) is 5.54 Å². The molecule has 0 bridgehead atoms. The molecule has 0 aliphatic carbocycles. The zero-order valence-electron chi connectivity index (χ0n) is 18.7. The number of likely N-dealkylation sites (N-methyl/N-ethyl adjacent to an activating group) is 1. The number of hydrogen-bond acceptors (Lipinski definition) is 5. The predicted molar refractivity (Wildman–Crippen MR) is 119 cm³/mol. The van der Waals surface area contributed by atoms with Crippen LogP contribution in [0.3, 0.4) is 0 Å². The molecule has 1 fully saturated rings. The molecule has 0 saturated carbocycles. The number of imide groups is 1. The average molecular weight is 468 g/mol. The molecule has 1 spiro atoms. The topological polar surface area (TPSA) is 108 Å². The molecule has 178 valence electrons. The predicted octanol–water partition coefficient (Wildman–Crippen LogP) is 1.52. The Labute approximate surface area is 195 Å². The number of ether oxygens (including phenoxy) is 1. The first-order chi connectivity index (χ1) is 16.3. The largest absolute Gasteiger partial charge is 0.493 e.